The quantitative estimate of drug-likeness (QED) is 0.890. The van der Waals surface area contributed by atoms with Crippen LogP contribution in [-0.2, 0) is 9.47 Å². The van der Waals surface area contributed by atoms with Crippen LogP contribution < -0.4 is 0 Å². The lowest BCUT2D eigenvalue weighted by atomic mass is 9.66. The minimum Gasteiger partial charge on any atom is -0.393 e. The number of ether oxygens (including phenoxy) is 2. The van der Waals surface area contributed by atoms with Crippen LogP contribution in [0.5, 0.6) is 0 Å². The molecule has 132 valence electrons. The van der Waals surface area contributed by atoms with Crippen molar-refractivity contribution in [2.24, 2.45) is 17.8 Å². The molecule has 4 heteroatoms. The molecular formula is C20H28O4. The summed E-state index contributed by atoms with van der Waals surface area (Å²) in [7, 11) is 0. The van der Waals surface area contributed by atoms with Crippen molar-refractivity contribution in [3.63, 3.8) is 0 Å². The van der Waals surface area contributed by atoms with Crippen LogP contribution in [0.2, 0.25) is 0 Å². The van der Waals surface area contributed by atoms with Crippen molar-refractivity contribution in [1.82, 2.24) is 0 Å². The Morgan fingerprint density at radius 3 is 2.71 bits per heavy atom. The summed E-state index contributed by atoms with van der Waals surface area (Å²) >= 11 is 0. The lowest BCUT2D eigenvalue weighted by molar-refractivity contribution is -0.272. The Balaban J connectivity index is 1.38. The van der Waals surface area contributed by atoms with Gasteiger partial charge in [-0.25, -0.2) is 0 Å². The van der Waals surface area contributed by atoms with Gasteiger partial charge in [-0.05, 0) is 56.1 Å². The van der Waals surface area contributed by atoms with E-state index < -0.39 is 11.9 Å². The van der Waals surface area contributed by atoms with Crippen molar-refractivity contribution in [2.45, 2.75) is 57.5 Å². The molecule has 1 aromatic rings. The average Bonchev–Trinajstić information content (AvgIpc) is 3.11. The van der Waals surface area contributed by atoms with Crippen molar-refractivity contribution >= 4 is 0 Å². The average molecular weight is 332 g/mol. The third-order valence-corrected chi connectivity index (χ3v) is 6.48. The third kappa shape index (κ3) is 2.60. The van der Waals surface area contributed by atoms with Crippen molar-refractivity contribution < 1.29 is 19.7 Å². The van der Waals surface area contributed by atoms with Crippen LogP contribution in [0.1, 0.15) is 48.5 Å². The highest BCUT2D eigenvalue weighted by atomic mass is 16.7. The maximum absolute atomic E-state index is 10.6. The number of aliphatic hydroxyl groups excluding tert-OH is 2. The van der Waals surface area contributed by atoms with Crippen molar-refractivity contribution in [3.05, 3.63) is 34.9 Å². The highest BCUT2D eigenvalue weighted by Crippen LogP contribution is 2.60. The van der Waals surface area contributed by atoms with Gasteiger partial charge >= 0.3 is 0 Å². The van der Waals surface area contributed by atoms with Crippen LogP contribution in [0, 0.1) is 31.6 Å². The van der Waals surface area contributed by atoms with Crippen molar-refractivity contribution in [2.75, 3.05) is 13.2 Å². The fraction of sp³-hybridized carbons (Fsp3) is 0.700. The first-order chi connectivity index (χ1) is 11.5. The fourth-order valence-corrected chi connectivity index (χ4v) is 5.23. The lowest BCUT2D eigenvalue weighted by Gasteiger charge is -2.49. The summed E-state index contributed by atoms with van der Waals surface area (Å²) in [6.45, 7) is 5.47. The predicted molar refractivity (Wildman–Crippen MR) is 90.5 cm³/mol. The molecule has 5 atom stereocenters. The molecule has 1 aromatic carbocycles. The molecule has 24 heavy (non-hydrogen) atoms. The van der Waals surface area contributed by atoms with Crippen molar-refractivity contribution in [1.29, 1.82) is 0 Å². The van der Waals surface area contributed by atoms with Gasteiger partial charge in [0, 0.05) is 12.3 Å². The first-order valence-electron chi connectivity index (χ1n) is 9.21. The van der Waals surface area contributed by atoms with E-state index in [1.807, 2.05) is 6.07 Å². The molecule has 1 heterocycles. The molecule has 1 saturated heterocycles. The number of hydrogen-bond acceptors (Lipinski definition) is 4. The molecule has 2 saturated carbocycles. The first kappa shape index (κ1) is 16.5. The van der Waals surface area contributed by atoms with Gasteiger partial charge in [-0.3, -0.25) is 0 Å². The summed E-state index contributed by atoms with van der Waals surface area (Å²) in [5.41, 5.74) is 3.37. The SMILES string of the molecule is Cc1ccc(C(O)CCC2C(O)CC3C2CC32OCCO2)c(C)c1. The zero-order valence-electron chi connectivity index (χ0n) is 14.6. The van der Waals surface area contributed by atoms with E-state index in [0.29, 0.717) is 31.5 Å². The highest BCUT2D eigenvalue weighted by molar-refractivity contribution is 5.31. The number of aliphatic hydroxyl groups is 2. The molecule has 4 nitrogen and oxygen atoms in total. The smallest absolute Gasteiger partial charge is 0.171 e. The molecule has 0 bridgehead atoms. The molecule has 3 fully saturated rings. The van der Waals surface area contributed by atoms with Gasteiger partial charge in [-0.1, -0.05) is 23.8 Å². The van der Waals surface area contributed by atoms with Gasteiger partial charge in [0.2, 0.25) is 0 Å². The summed E-state index contributed by atoms with van der Waals surface area (Å²) in [6, 6.07) is 6.20. The molecule has 5 unspecified atom stereocenters. The molecule has 2 aliphatic carbocycles. The summed E-state index contributed by atoms with van der Waals surface area (Å²) in [4.78, 5) is 0. The monoisotopic (exact) mass is 332 g/mol. The van der Waals surface area contributed by atoms with Gasteiger partial charge < -0.3 is 19.7 Å². The molecule has 0 radical (unpaired) electrons. The molecule has 3 aliphatic rings. The van der Waals surface area contributed by atoms with E-state index in [1.165, 1.54) is 5.56 Å². The zero-order valence-corrected chi connectivity index (χ0v) is 14.6. The van der Waals surface area contributed by atoms with E-state index in [9.17, 15) is 10.2 Å². The molecule has 2 N–H and O–H groups in total. The van der Waals surface area contributed by atoms with E-state index in [0.717, 1.165) is 30.4 Å². The first-order valence-corrected chi connectivity index (χ1v) is 9.21. The van der Waals surface area contributed by atoms with Gasteiger partial charge in [-0.15, -0.1) is 0 Å². The number of rotatable bonds is 4. The fourth-order valence-electron chi connectivity index (χ4n) is 5.23. The van der Waals surface area contributed by atoms with E-state index in [4.69, 9.17) is 9.47 Å². The van der Waals surface area contributed by atoms with Gasteiger partial charge in [0.25, 0.3) is 0 Å². The minimum atomic E-state index is -0.454. The number of aryl methyl sites for hydroxylation is 2. The molecule has 1 aliphatic heterocycles. The van der Waals surface area contributed by atoms with Crippen LogP contribution in [0.15, 0.2) is 18.2 Å². The second-order valence-electron chi connectivity index (χ2n) is 7.90. The Labute approximate surface area is 143 Å². The maximum atomic E-state index is 10.6. The molecule has 0 amide bonds. The topological polar surface area (TPSA) is 58.9 Å². The van der Waals surface area contributed by atoms with Crippen LogP contribution in [0.4, 0.5) is 0 Å². The van der Waals surface area contributed by atoms with Crippen molar-refractivity contribution in [3.8, 4) is 0 Å². The van der Waals surface area contributed by atoms with E-state index >= 15 is 0 Å². The molecular weight excluding hydrogens is 304 g/mol. The Bertz CT molecular complexity index is 608. The van der Waals surface area contributed by atoms with Gasteiger partial charge in [-0.2, -0.15) is 0 Å². The van der Waals surface area contributed by atoms with Crippen LogP contribution in [0.3, 0.4) is 0 Å². The van der Waals surface area contributed by atoms with E-state index in [-0.39, 0.29) is 12.0 Å². The van der Waals surface area contributed by atoms with Crippen LogP contribution in [0.25, 0.3) is 0 Å². The zero-order chi connectivity index (χ0) is 16.9. The van der Waals surface area contributed by atoms with Gasteiger partial charge in [0.05, 0.1) is 25.4 Å². The Morgan fingerprint density at radius 1 is 1.25 bits per heavy atom. The second kappa shape index (κ2) is 6.10. The second-order valence-corrected chi connectivity index (χ2v) is 7.90. The van der Waals surface area contributed by atoms with Gasteiger partial charge in [0.1, 0.15) is 0 Å². The molecule has 4 rings (SSSR count). The predicted octanol–water partition coefficient (Wildman–Crippen LogP) is 2.88. The van der Waals surface area contributed by atoms with Crippen LogP contribution >= 0.6 is 0 Å². The lowest BCUT2D eigenvalue weighted by Crippen LogP contribution is -2.53. The van der Waals surface area contributed by atoms with E-state index in [2.05, 4.69) is 26.0 Å². The summed E-state index contributed by atoms with van der Waals surface area (Å²) in [5, 5.41) is 21.1. The summed E-state index contributed by atoms with van der Waals surface area (Å²) < 4.78 is 11.7. The number of benzene rings is 1. The number of fused-ring (bicyclic) bond motifs is 2. The third-order valence-electron chi connectivity index (χ3n) is 6.48. The largest absolute Gasteiger partial charge is 0.393 e. The Morgan fingerprint density at radius 2 is 2.00 bits per heavy atom. The van der Waals surface area contributed by atoms with Crippen LogP contribution in [-0.4, -0.2) is 35.3 Å². The highest BCUT2D eigenvalue weighted by Gasteiger charge is 2.64. The molecule has 1 spiro atoms. The minimum absolute atomic E-state index is 0.258. The summed E-state index contributed by atoms with van der Waals surface area (Å²) in [6.07, 6.45) is 2.48. The molecule has 0 aromatic heterocycles. The number of hydrogen-bond donors (Lipinski definition) is 2. The van der Waals surface area contributed by atoms with Gasteiger partial charge in [0.15, 0.2) is 5.79 Å². The normalized spacial score (nSPS) is 35.0. The van der Waals surface area contributed by atoms with E-state index in [1.54, 1.807) is 0 Å². The maximum Gasteiger partial charge on any atom is 0.171 e. The Hall–Kier alpha value is -0.940. The summed E-state index contributed by atoms with van der Waals surface area (Å²) in [5.74, 6) is 0.670. The standard InChI is InChI=1S/C20H28O4/c1-12-3-4-14(13(2)9-12)18(21)6-5-15-16-11-20(23-7-8-24-20)17(16)10-19(15)22/h3-4,9,15-19,21-22H,5-8,10-11H2,1-2H3. The Kier molecular flexibility index (Phi) is 4.20.